The molecule has 2 unspecified atom stereocenters. The first kappa shape index (κ1) is 15.5. The highest BCUT2D eigenvalue weighted by Gasteiger charge is 2.19. The largest absolute Gasteiger partial charge is 0.337 e. The summed E-state index contributed by atoms with van der Waals surface area (Å²) in [6, 6.07) is 21.6. The van der Waals surface area contributed by atoms with Crippen molar-refractivity contribution in [2.75, 3.05) is 0 Å². The summed E-state index contributed by atoms with van der Waals surface area (Å²) in [5, 5.41) is 0. The van der Waals surface area contributed by atoms with E-state index in [9.17, 15) is 0 Å². The maximum Gasteiger partial charge on any atom is 0.0946 e. The fourth-order valence-electron chi connectivity index (χ4n) is 3.19. The number of aryl methyl sites for hydroxylation is 1. The maximum atomic E-state index is 4.19. The van der Waals surface area contributed by atoms with E-state index in [4.69, 9.17) is 0 Å². The molecule has 3 aromatic rings. The van der Waals surface area contributed by atoms with Crippen molar-refractivity contribution in [1.82, 2.24) is 9.55 Å². The summed E-state index contributed by atoms with van der Waals surface area (Å²) in [7, 11) is 0. The normalized spacial score (nSPS) is 13.6. The van der Waals surface area contributed by atoms with Gasteiger partial charge in [-0.1, -0.05) is 67.6 Å². The quantitative estimate of drug-likeness (QED) is 0.605. The molecule has 2 nitrogen and oxygen atoms in total. The van der Waals surface area contributed by atoms with Crippen LogP contribution in [0, 0.1) is 5.92 Å². The number of imidazole rings is 1. The zero-order valence-electron chi connectivity index (χ0n) is 13.7. The first-order valence-corrected chi connectivity index (χ1v) is 8.37. The summed E-state index contributed by atoms with van der Waals surface area (Å²) in [6.45, 7) is 3.37. The van der Waals surface area contributed by atoms with Crippen LogP contribution in [0.4, 0.5) is 0 Å². The molecule has 0 N–H and O–H groups in total. The van der Waals surface area contributed by atoms with Crippen LogP contribution in [0.5, 0.6) is 0 Å². The molecule has 2 aromatic carbocycles. The van der Waals surface area contributed by atoms with E-state index in [1.807, 2.05) is 12.5 Å². The molecule has 0 spiro atoms. The molecule has 3 rings (SSSR count). The summed E-state index contributed by atoms with van der Waals surface area (Å²) in [6.07, 6.45) is 8.15. The second kappa shape index (κ2) is 7.77. The van der Waals surface area contributed by atoms with Crippen molar-refractivity contribution in [2.24, 2.45) is 5.92 Å². The smallest absolute Gasteiger partial charge is 0.0946 e. The Morgan fingerprint density at radius 1 is 0.957 bits per heavy atom. The highest BCUT2D eigenvalue weighted by Crippen LogP contribution is 2.29. The molecule has 2 atom stereocenters. The van der Waals surface area contributed by atoms with Crippen LogP contribution < -0.4 is 0 Å². The maximum absolute atomic E-state index is 4.19. The van der Waals surface area contributed by atoms with Crippen molar-refractivity contribution in [1.29, 1.82) is 0 Å². The van der Waals surface area contributed by atoms with Crippen molar-refractivity contribution < 1.29 is 0 Å². The third-order valence-corrected chi connectivity index (χ3v) is 4.68. The molecule has 0 radical (unpaired) electrons. The molecule has 2 heteroatoms. The predicted octanol–water partition coefficient (Wildman–Crippen LogP) is 4.94. The molecule has 0 aliphatic rings. The molecule has 1 aromatic heterocycles. The predicted molar refractivity (Wildman–Crippen MR) is 95.3 cm³/mol. The van der Waals surface area contributed by atoms with Crippen LogP contribution in [0.2, 0.25) is 0 Å². The molecule has 0 aliphatic carbocycles. The van der Waals surface area contributed by atoms with E-state index in [0.717, 1.165) is 13.0 Å². The second-order valence-corrected chi connectivity index (χ2v) is 6.24. The van der Waals surface area contributed by atoms with Crippen LogP contribution >= 0.6 is 0 Å². The fourth-order valence-corrected chi connectivity index (χ4v) is 3.19. The number of hydrogen-bond donors (Lipinski definition) is 0. The Balaban J connectivity index is 1.73. The minimum absolute atomic E-state index is 0.530. The average Bonchev–Trinajstić information content (AvgIpc) is 3.13. The molecule has 0 fully saturated rings. The Kier molecular flexibility index (Phi) is 5.25. The van der Waals surface area contributed by atoms with Gasteiger partial charge in [-0.25, -0.2) is 4.98 Å². The highest BCUT2D eigenvalue weighted by molar-refractivity contribution is 5.20. The highest BCUT2D eigenvalue weighted by atomic mass is 15.0. The fraction of sp³-hybridized carbons (Fsp3) is 0.286. The van der Waals surface area contributed by atoms with E-state index in [0.29, 0.717) is 11.8 Å². The van der Waals surface area contributed by atoms with Gasteiger partial charge in [0.2, 0.25) is 0 Å². The lowest BCUT2D eigenvalue weighted by Gasteiger charge is -2.25. The van der Waals surface area contributed by atoms with E-state index < -0.39 is 0 Å². The van der Waals surface area contributed by atoms with Gasteiger partial charge in [0, 0.05) is 18.9 Å². The van der Waals surface area contributed by atoms with Gasteiger partial charge < -0.3 is 4.57 Å². The lowest BCUT2D eigenvalue weighted by atomic mass is 9.83. The van der Waals surface area contributed by atoms with Gasteiger partial charge in [-0.2, -0.15) is 0 Å². The SMILES string of the molecule is CC(c1ccccc1)C(CCc1ccccc1)Cn1ccnc1. The summed E-state index contributed by atoms with van der Waals surface area (Å²) in [5.74, 6) is 1.12. The zero-order valence-corrected chi connectivity index (χ0v) is 13.7. The van der Waals surface area contributed by atoms with E-state index in [1.165, 1.54) is 17.5 Å². The minimum atomic E-state index is 0.530. The summed E-state index contributed by atoms with van der Waals surface area (Å²) in [4.78, 5) is 4.19. The second-order valence-electron chi connectivity index (χ2n) is 6.24. The Bertz CT molecular complexity index is 674. The monoisotopic (exact) mass is 304 g/mol. The third-order valence-electron chi connectivity index (χ3n) is 4.68. The van der Waals surface area contributed by atoms with Crippen LogP contribution in [-0.4, -0.2) is 9.55 Å². The van der Waals surface area contributed by atoms with Crippen LogP contribution in [0.1, 0.15) is 30.4 Å². The Morgan fingerprint density at radius 2 is 1.65 bits per heavy atom. The molecular weight excluding hydrogens is 280 g/mol. The molecule has 0 aliphatic heterocycles. The van der Waals surface area contributed by atoms with Crippen LogP contribution in [0.3, 0.4) is 0 Å². The molecule has 23 heavy (non-hydrogen) atoms. The third kappa shape index (κ3) is 4.32. The van der Waals surface area contributed by atoms with Gasteiger partial charge in [-0.3, -0.25) is 0 Å². The number of nitrogens with zero attached hydrogens (tertiary/aromatic N) is 2. The topological polar surface area (TPSA) is 17.8 Å². The summed E-state index contributed by atoms with van der Waals surface area (Å²) in [5.41, 5.74) is 2.84. The standard InChI is InChI=1S/C21H24N2/c1-18(20-10-6-3-7-11-20)21(16-23-15-14-22-17-23)13-12-19-8-4-2-5-9-19/h2-11,14-15,17-18,21H,12-13,16H2,1H3. The number of rotatable bonds is 7. The molecule has 0 saturated carbocycles. The molecule has 0 bridgehead atoms. The summed E-state index contributed by atoms with van der Waals surface area (Å²) >= 11 is 0. The molecule has 0 amide bonds. The lowest BCUT2D eigenvalue weighted by molar-refractivity contribution is 0.359. The number of hydrogen-bond acceptors (Lipinski definition) is 1. The van der Waals surface area contributed by atoms with Gasteiger partial charge >= 0.3 is 0 Å². The van der Waals surface area contributed by atoms with Gasteiger partial charge in [-0.05, 0) is 35.8 Å². The van der Waals surface area contributed by atoms with E-state index in [-0.39, 0.29) is 0 Å². The van der Waals surface area contributed by atoms with Crippen molar-refractivity contribution in [2.45, 2.75) is 32.2 Å². The lowest BCUT2D eigenvalue weighted by Crippen LogP contribution is -2.17. The Hall–Kier alpha value is -2.35. The molecule has 0 saturated heterocycles. The van der Waals surface area contributed by atoms with Gasteiger partial charge in [0.25, 0.3) is 0 Å². The van der Waals surface area contributed by atoms with Crippen LogP contribution in [0.15, 0.2) is 79.4 Å². The van der Waals surface area contributed by atoms with Crippen LogP contribution in [-0.2, 0) is 13.0 Å². The van der Waals surface area contributed by atoms with Crippen LogP contribution in [0.25, 0.3) is 0 Å². The molecule has 1 heterocycles. The van der Waals surface area contributed by atoms with Crippen molar-refractivity contribution in [3.63, 3.8) is 0 Å². The zero-order chi connectivity index (χ0) is 15.9. The first-order valence-electron chi connectivity index (χ1n) is 8.37. The van der Waals surface area contributed by atoms with Crippen molar-refractivity contribution >= 4 is 0 Å². The minimum Gasteiger partial charge on any atom is -0.337 e. The van der Waals surface area contributed by atoms with E-state index in [1.54, 1.807) is 0 Å². The Labute approximate surface area is 138 Å². The number of benzene rings is 2. The van der Waals surface area contributed by atoms with Crippen molar-refractivity contribution in [3.8, 4) is 0 Å². The van der Waals surface area contributed by atoms with E-state index in [2.05, 4.69) is 83.3 Å². The van der Waals surface area contributed by atoms with Gasteiger partial charge in [0.1, 0.15) is 0 Å². The first-order chi connectivity index (χ1) is 11.3. The summed E-state index contributed by atoms with van der Waals surface area (Å²) < 4.78 is 2.20. The molecular formula is C21H24N2. The number of aromatic nitrogens is 2. The van der Waals surface area contributed by atoms with Gasteiger partial charge in [0.15, 0.2) is 0 Å². The average molecular weight is 304 g/mol. The Morgan fingerprint density at radius 3 is 2.30 bits per heavy atom. The van der Waals surface area contributed by atoms with E-state index >= 15 is 0 Å². The molecule has 118 valence electrons. The van der Waals surface area contributed by atoms with Crippen molar-refractivity contribution in [3.05, 3.63) is 90.5 Å². The van der Waals surface area contributed by atoms with Gasteiger partial charge in [0.05, 0.1) is 6.33 Å². The van der Waals surface area contributed by atoms with Gasteiger partial charge in [-0.15, -0.1) is 0 Å².